The van der Waals surface area contributed by atoms with Gasteiger partial charge in [-0.2, -0.15) is 0 Å². The number of nitrogens with one attached hydrogen (secondary N) is 1. The van der Waals surface area contributed by atoms with Crippen molar-refractivity contribution in [3.8, 4) is 5.75 Å². The van der Waals surface area contributed by atoms with Gasteiger partial charge in [-0.05, 0) is 59.3 Å². The number of ether oxygens (including phenoxy) is 1. The number of carbonyl (C=O) groups excluding carboxylic acids is 1. The summed E-state index contributed by atoms with van der Waals surface area (Å²) in [6, 6.07) is 4.77. The van der Waals surface area contributed by atoms with Crippen LogP contribution in [0.1, 0.15) is 29.6 Å². The summed E-state index contributed by atoms with van der Waals surface area (Å²) in [5.74, 6) is 0.672. The molecular formula is C14H18BrNO3. The maximum absolute atomic E-state index is 11.8. The molecule has 2 rings (SSSR count). The molecule has 1 aromatic rings. The molecule has 19 heavy (non-hydrogen) atoms. The van der Waals surface area contributed by atoms with Crippen LogP contribution < -0.4 is 5.32 Å². The van der Waals surface area contributed by atoms with Crippen molar-refractivity contribution >= 4 is 21.8 Å². The maximum atomic E-state index is 11.8. The lowest BCUT2D eigenvalue weighted by Gasteiger charge is -2.07. The van der Waals surface area contributed by atoms with Crippen LogP contribution in [0.3, 0.4) is 0 Å². The van der Waals surface area contributed by atoms with Crippen LogP contribution in [0.4, 0.5) is 0 Å². The zero-order chi connectivity index (χ0) is 13.7. The summed E-state index contributed by atoms with van der Waals surface area (Å²) in [5, 5.41) is 12.3. The number of benzene rings is 1. The molecule has 0 atom stereocenters. The molecule has 0 spiro atoms. The second kappa shape index (κ2) is 6.91. The number of rotatable bonds is 7. The number of phenols is 1. The van der Waals surface area contributed by atoms with Gasteiger partial charge in [0.05, 0.1) is 4.47 Å². The Balaban J connectivity index is 1.63. The second-order valence-corrected chi connectivity index (χ2v) is 5.65. The van der Waals surface area contributed by atoms with E-state index in [1.165, 1.54) is 18.9 Å². The molecule has 0 aliphatic heterocycles. The highest BCUT2D eigenvalue weighted by atomic mass is 79.9. The average Bonchev–Trinajstić information content (AvgIpc) is 3.20. The lowest BCUT2D eigenvalue weighted by molar-refractivity contribution is 0.0937. The van der Waals surface area contributed by atoms with E-state index >= 15 is 0 Å². The minimum atomic E-state index is -0.176. The smallest absolute Gasteiger partial charge is 0.251 e. The van der Waals surface area contributed by atoms with Crippen LogP contribution in [0.25, 0.3) is 0 Å². The fraction of sp³-hybridized carbons (Fsp3) is 0.500. The Bertz CT molecular complexity index is 446. The van der Waals surface area contributed by atoms with E-state index in [1.54, 1.807) is 12.1 Å². The van der Waals surface area contributed by atoms with Gasteiger partial charge in [-0.15, -0.1) is 0 Å². The zero-order valence-electron chi connectivity index (χ0n) is 10.7. The molecule has 0 unspecified atom stereocenters. The van der Waals surface area contributed by atoms with Gasteiger partial charge in [0.1, 0.15) is 5.75 Å². The van der Waals surface area contributed by atoms with Gasteiger partial charge >= 0.3 is 0 Å². The molecule has 104 valence electrons. The molecule has 4 nitrogen and oxygen atoms in total. The lowest BCUT2D eigenvalue weighted by atomic mass is 10.2. The molecule has 0 radical (unpaired) electrons. The Morgan fingerprint density at radius 3 is 2.95 bits per heavy atom. The van der Waals surface area contributed by atoms with Gasteiger partial charge in [-0.3, -0.25) is 4.79 Å². The van der Waals surface area contributed by atoms with E-state index in [0.29, 0.717) is 23.2 Å². The fourth-order valence-electron chi connectivity index (χ4n) is 1.67. The summed E-state index contributed by atoms with van der Waals surface area (Å²) in [6.45, 7) is 2.12. The van der Waals surface area contributed by atoms with E-state index in [4.69, 9.17) is 4.74 Å². The molecule has 1 aromatic carbocycles. The Hall–Kier alpha value is -1.07. The molecule has 2 N–H and O–H groups in total. The monoisotopic (exact) mass is 327 g/mol. The molecule has 1 fully saturated rings. The van der Waals surface area contributed by atoms with Crippen LogP contribution in [-0.2, 0) is 4.74 Å². The molecule has 1 aliphatic carbocycles. The van der Waals surface area contributed by atoms with Crippen LogP contribution in [0, 0.1) is 5.92 Å². The topological polar surface area (TPSA) is 58.6 Å². The van der Waals surface area contributed by atoms with Crippen molar-refractivity contribution in [2.75, 3.05) is 19.8 Å². The minimum absolute atomic E-state index is 0.0698. The summed E-state index contributed by atoms with van der Waals surface area (Å²) < 4.78 is 6.06. The normalized spacial score (nSPS) is 14.4. The molecule has 0 bridgehead atoms. The molecule has 1 amide bonds. The average molecular weight is 328 g/mol. The third kappa shape index (κ3) is 4.84. The highest BCUT2D eigenvalue weighted by molar-refractivity contribution is 9.10. The summed E-state index contributed by atoms with van der Waals surface area (Å²) in [5.41, 5.74) is 0.458. The van der Waals surface area contributed by atoms with Crippen molar-refractivity contribution in [1.29, 1.82) is 0 Å². The molecular weight excluding hydrogens is 310 g/mol. The number of halogens is 1. The minimum Gasteiger partial charge on any atom is -0.507 e. The number of hydrogen-bond acceptors (Lipinski definition) is 3. The van der Waals surface area contributed by atoms with Crippen LogP contribution >= 0.6 is 15.9 Å². The van der Waals surface area contributed by atoms with Gasteiger partial charge in [0.2, 0.25) is 0 Å². The van der Waals surface area contributed by atoms with Crippen LogP contribution in [0.5, 0.6) is 5.75 Å². The molecule has 0 aromatic heterocycles. The van der Waals surface area contributed by atoms with E-state index in [2.05, 4.69) is 21.2 Å². The number of carbonyl (C=O) groups is 1. The van der Waals surface area contributed by atoms with Gasteiger partial charge in [0, 0.05) is 25.3 Å². The SMILES string of the molecule is O=C(NCCCOCC1CC1)c1ccc(Br)c(O)c1. The molecule has 0 saturated heterocycles. The largest absolute Gasteiger partial charge is 0.507 e. The fourth-order valence-corrected chi connectivity index (χ4v) is 1.91. The van der Waals surface area contributed by atoms with Gasteiger partial charge in [0.15, 0.2) is 0 Å². The summed E-state index contributed by atoms with van der Waals surface area (Å²) >= 11 is 3.18. The van der Waals surface area contributed by atoms with Crippen LogP contribution in [0.2, 0.25) is 0 Å². The second-order valence-electron chi connectivity index (χ2n) is 4.79. The van der Waals surface area contributed by atoms with Gasteiger partial charge in [0.25, 0.3) is 5.91 Å². The van der Waals surface area contributed by atoms with Crippen molar-refractivity contribution in [1.82, 2.24) is 5.32 Å². The highest BCUT2D eigenvalue weighted by Crippen LogP contribution is 2.28. The third-order valence-electron chi connectivity index (χ3n) is 3.01. The van der Waals surface area contributed by atoms with E-state index < -0.39 is 0 Å². The van der Waals surface area contributed by atoms with E-state index in [1.807, 2.05) is 0 Å². The van der Waals surface area contributed by atoms with E-state index in [0.717, 1.165) is 18.9 Å². The van der Waals surface area contributed by atoms with Crippen LogP contribution in [-0.4, -0.2) is 30.8 Å². The first-order valence-corrected chi connectivity index (χ1v) is 7.30. The quantitative estimate of drug-likeness (QED) is 0.757. The van der Waals surface area contributed by atoms with Crippen molar-refractivity contribution in [3.63, 3.8) is 0 Å². The predicted octanol–water partition coefficient (Wildman–Crippen LogP) is 2.70. The number of hydrogen-bond donors (Lipinski definition) is 2. The lowest BCUT2D eigenvalue weighted by Crippen LogP contribution is -2.25. The van der Waals surface area contributed by atoms with Crippen molar-refractivity contribution < 1.29 is 14.6 Å². The Morgan fingerprint density at radius 2 is 2.26 bits per heavy atom. The number of amides is 1. The van der Waals surface area contributed by atoms with Crippen molar-refractivity contribution in [3.05, 3.63) is 28.2 Å². The van der Waals surface area contributed by atoms with Crippen LogP contribution in [0.15, 0.2) is 22.7 Å². The third-order valence-corrected chi connectivity index (χ3v) is 3.68. The van der Waals surface area contributed by atoms with E-state index in [-0.39, 0.29) is 11.7 Å². The first-order chi connectivity index (χ1) is 9.16. The first kappa shape index (κ1) is 14.3. The zero-order valence-corrected chi connectivity index (χ0v) is 12.3. The number of aromatic hydroxyl groups is 1. The molecule has 1 saturated carbocycles. The maximum Gasteiger partial charge on any atom is 0.251 e. The Morgan fingerprint density at radius 1 is 1.47 bits per heavy atom. The highest BCUT2D eigenvalue weighted by Gasteiger charge is 2.20. The Labute approximate surface area is 121 Å². The molecule has 0 heterocycles. The van der Waals surface area contributed by atoms with Gasteiger partial charge < -0.3 is 15.2 Å². The number of phenolic OH excluding ortho intramolecular Hbond substituents is 1. The Kier molecular flexibility index (Phi) is 5.22. The molecule has 5 heteroatoms. The van der Waals surface area contributed by atoms with E-state index in [9.17, 15) is 9.90 Å². The van der Waals surface area contributed by atoms with Crippen molar-refractivity contribution in [2.24, 2.45) is 5.92 Å². The van der Waals surface area contributed by atoms with Crippen molar-refractivity contribution in [2.45, 2.75) is 19.3 Å². The standard InChI is InChI=1S/C14H18BrNO3/c15-12-5-4-11(8-13(12)17)14(18)16-6-1-7-19-9-10-2-3-10/h4-5,8,10,17H,1-3,6-7,9H2,(H,16,18). The summed E-state index contributed by atoms with van der Waals surface area (Å²) in [7, 11) is 0. The summed E-state index contributed by atoms with van der Waals surface area (Å²) in [4.78, 5) is 11.8. The first-order valence-electron chi connectivity index (χ1n) is 6.51. The van der Waals surface area contributed by atoms with Gasteiger partial charge in [-0.1, -0.05) is 0 Å². The predicted molar refractivity (Wildman–Crippen MR) is 76.3 cm³/mol. The summed E-state index contributed by atoms with van der Waals surface area (Å²) in [6.07, 6.45) is 3.40. The molecule has 1 aliphatic rings. The van der Waals surface area contributed by atoms with Gasteiger partial charge in [-0.25, -0.2) is 0 Å².